The zero-order valence-electron chi connectivity index (χ0n) is 30.0. The molecule has 0 spiro atoms. The molecule has 262 valence electrons. The van der Waals surface area contributed by atoms with Crippen LogP contribution in [0.5, 0.6) is 0 Å². The van der Waals surface area contributed by atoms with E-state index in [0.29, 0.717) is 0 Å². The first-order chi connectivity index (χ1) is 27.8. The number of hydrogen-bond acceptors (Lipinski definition) is 3. The lowest BCUT2D eigenvalue weighted by Gasteiger charge is -2.17. The normalized spacial score (nSPS) is 11.9. The summed E-state index contributed by atoms with van der Waals surface area (Å²) < 4.78 is 13.4. The summed E-state index contributed by atoms with van der Waals surface area (Å²) in [5, 5.41) is 16.6. The zero-order valence-corrected chi connectivity index (χ0v) is 30.0. The van der Waals surface area contributed by atoms with Gasteiger partial charge >= 0.3 is 0 Å². The standard InChI is InChI=1S/C50H31N5O/c1-3-16-32(17-4-1)49-51-52-50(53(49)33-18-5-2-6-19-33)37-23-15-28-44-48(37)36-22-8-11-25-41(36)54(44)42-26-12-13-27-43(42)55-40-24-10-7-20-34(40)38-31-47-39(30-45(38)55)35-21-9-14-29-46(35)56-47/h1-31H. The van der Waals surface area contributed by atoms with Crippen LogP contribution in [-0.4, -0.2) is 23.9 Å². The molecule has 0 saturated heterocycles. The monoisotopic (exact) mass is 717 g/mol. The van der Waals surface area contributed by atoms with Crippen LogP contribution >= 0.6 is 0 Å². The summed E-state index contributed by atoms with van der Waals surface area (Å²) in [6.45, 7) is 0. The quantitative estimate of drug-likeness (QED) is 0.178. The maximum atomic E-state index is 6.39. The maximum absolute atomic E-state index is 6.39. The van der Waals surface area contributed by atoms with Crippen molar-refractivity contribution < 1.29 is 4.42 Å². The molecule has 0 saturated carbocycles. The SMILES string of the molecule is c1ccc(-c2nnc(-c3cccc4c3c3ccccc3n4-c3ccccc3-n3c4ccccc4c4cc5oc6ccccc6c5cc43)n2-c2ccccc2)cc1. The molecular weight excluding hydrogens is 687 g/mol. The summed E-state index contributed by atoms with van der Waals surface area (Å²) in [5.41, 5.74) is 11.4. The zero-order chi connectivity index (χ0) is 36.7. The molecule has 0 amide bonds. The molecule has 0 aliphatic heterocycles. The minimum absolute atomic E-state index is 0.788. The van der Waals surface area contributed by atoms with Crippen LogP contribution in [0.2, 0.25) is 0 Å². The van der Waals surface area contributed by atoms with Crippen LogP contribution in [0.3, 0.4) is 0 Å². The van der Waals surface area contributed by atoms with Gasteiger partial charge < -0.3 is 13.6 Å². The Morgan fingerprint density at radius 2 is 0.946 bits per heavy atom. The lowest BCUT2D eigenvalue weighted by molar-refractivity contribution is 0.669. The van der Waals surface area contributed by atoms with Gasteiger partial charge in [-0.1, -0.05) is 127 Å². The fourth-order valence-corrected chi connectivity index (χ4v) is 8.81. The third-order valence-electron chi connectivity index (χ3n) is 11.2. The lowest BCUT2D eigenvalue weighted by Crippen LogP contribution is -2.03. The first kappa shape index (κ1) is 30.7. The Labute approximate surface area is 320 Å². The van der Waals surface area contributed by atoms with Crippen molar-refractivity contribution in [3.63, 3.8) is 0 Å². The number of benzene rings is 8. The second-order valence-electron chi connectivity index (χ2n) is 14.2. The van der Waals surface area contributed by atoms with Gasteiger partial charge in [-0.3, -0.25) is 4.57 Å². The number of fused-ring (bicyclic) bond motifs is 9. The Balaban J connectivity index is 1.15. The Morgan fingerprint density at radius 3 is 1.73 bits per heavy atom. The molecule has 4 heterocycles. The molecular formula is C50H31N5O. The van der Waals surface area contributed by atoms with Crippen LogP contribution in [0.15, 0.2) is 192 Å². The molecule has 0 fully saturated rings. The molecule has 12 aromatic rings. The highest BCUT2D eigenvalue weighted by Crippen LogP contribution is 2.43. The molecule has 0 N–H and O–H groups in total. The fourth-order valence-electron chi connectivity index (χ4n) is 8.81. The van der Waals surface area contributed by atoms with Gasteiger partial charge in [0.05, 0.1) is 33.4 Å². The maximum Gasteiger partial charge on any atom is 0.169 e. The second-order valence-corrected chi connectivity index (χ2v) is 14.2. The van der Waals surface area contributed by atoms with E-state index in [1.54, 1.807) is 0 Å². The van der Waals surface area contributed by atoms with Gasteiger partial charge in [0.15, 0.2) is 11.6 Å². The molecule has 0 radical (unpaired) electrons. The Bertz CT molecular complexity index is 3480. The molecule has 56 heavy (non-hydrogen) atoms. The molecule has 4 aromatic heterocycles. The number of aromatic nitrogens is 5. The number of furan rings is 1. The molecule has 0 aliphatic rings. The third kappa shape index (κ3) is 4.38. The molecule has 0 bridgehead atoms. The van der Waals surface area contributed by atoms with E-state index in [4.69, 9.17) is 14.6 Å². The Hall–Kier alpha value is -7.70. The van der Waals surface area contributed by atoms with Gasteiger partial charge in [-0.25, -0.2) is 0 Å². The van der Waals surface area contributed by atoms with Crippen molar-refractivity contribution in [1.82, 2.24) is 23.9 Å². The van der Waals surface area contributed by atoms with Crippen molar-refractivity contribution in [3.8, 4) is 39.8 Å². The summed E-state index contributed by atoms with van der Waals surface area (Å²) in [7, 11) is 0. The number of rotatable bonds is 5. The smallest absolute Gasteiger partial charge is 0.169 e. The molecule has 0 unspecified atom stereocenters. The van der Waals surface area contributed by atoms with Gasteiger partial charge in [0, 0.05) is 49.1 Å². The van der Waals surface area contributed by atoms with Crippen molar-refractivity contribution in [2.45, 2.75) is 0 Å². The van der Waals surface area contributed by atoms with Crippen molar-refractivity contribution in [2.75, 3.05) is 0 Å². The molecule has 6 nitrogen and oxygen atoms in total. The van der Waals surface area contributed by atoms with Gasteiger partial charge in [-0.05, 0) is 60.7 Å². The summed E-state index contributed by atoms with van der Waals surface area (Å²) >= 11 is 0. The first-order valence-corrected chi connectivity index (χ1v) is 18.8. The van der Waals surface area contributed by atoms with E-state index in [0.717, 1.165) is 100 Å². The van der Waals surface area contributed by atoms with Crippen LogP contribution in [0.4, 0.5) is 0 Å². The molecule has 8 aromatic carbocycles. The van der Waals surface area contributed by atoms with E-state index in [1.807, 2.05) is 36.4 Å². The Kier molecular flexibility index (Phi) is 6.53. The largest absolute Gasteiger partial charge is 0.456 e. The topological polar surface area (TPSA) is 53.7 Å². The lowest BCUT2D eigenvalue weighted by atomic mass is 10.1. The average Bonchev–Trinajstić information content (AvgIpc) is 4.03. The minimum Gasteiger partial charge on any atom is -0.456 e. The Morgan fingerprint density at radius 1 is 0.357 bits per heavy atom. The van der Waals surface area contributed by atoms with E-state index >= 15 is 0 Å². The first-order valence-electron chi connectivity index (χ1n) is 18.8. The van der Waals surface area contributed by atoms with Crippen LogP contribution in [0.1, 0.15) is 0 Å². The molecule has 0 atom stereocenters. The highest BCUT2D eigenvalue weighted by Gasteiger charge is 2.24. The van der Waals surface area contributed by atoms with Gasteiger partial charge in [0.25, 0.3) is 0 Å². The van der Waals surface area contributed by atoms with E-state index in [1.165, 1.54) is 5.39 Å². The highest BCUT2D eigenvalue weighted by molar-refractivity contribution is 6.18. The molecule has 12 rings (SSSR count). The molecule has 0 aliphatic carbocycles. The third-order valence-corrected chi connectivity index (χ3v) is 11.2. The molecule has 6 heteroatoms. The fraction of sp³-hybridized carbons (Fsp3) is 0. The highest BCUT2D eigenvalue weighted by atomic mass is 16.3. The van der Waals surface area contributed by atoms with E-state index in [9.17, 15) is 0 Å². The van der Waals surface area contributed by atoms with Crippen LogP contribution < -0.4 is 0 Å². The minimum atomic E-state index is 0.788. The van der Waals surface area contributed by atoms with E-state index < -0.39 is 0 Å². The van der Waals surface area contributed by atoms with Crippen LogP contribution in [-0.2, 0) is 0 Å². The van der Waals surface area contributed by atoms with Crippen molar-refractivity contribution >= 4 is 65.6 Å². The summed E-state index contributed by atoms with van der Waals surface area (Å²) in [6.07, 6.45) is 0. The summed E-state index contributed by atoms with van der Waals surface area (Å²) in [5.74, 6) is 1.58. The van der Waals surface area contributed by atoms with Crippen molar-refractivity contribution in [2.24, 2.45) is 0 Å². The number of nitrogens with zero attached hydrogens (tertiary/aromatic N) is 5. The van der Waals surface area contributed by atoms with Crippen molar-refractivity contribution in [1.29, 1.82) is 0 Å². The number of para-hydroxylation sites is 6. The predicted octanol–water partition coefficient (Wildman–Crippen LogP) is 12.7. The van der Waals surface area contributed by atoms with Crippen LogP contribution in [0, 0.1) is 0 Å². The average molecular weight is 718 g/mol. The van der Waals surface area contributed by atoms with E-state index in [2.05, 4.69) is 165 Å². The van der Waals surface area contributed by atoms with Gasteiger partial charge in [0.1, 0.15) is 11.2 Å². The predicted molar refractivity (Wildman–Crippen MR) is 228 cm³/mol. The summed E-state index contributed by atoms with van der Waals surface area (Å²) in [4.78, 5) is 0. The van der Waals surface area contributed by atoms with Gasteiger partial charge in [0.2, 0.25) is 0 Å². The van der Waals surface area contributed by atoms with E-state index in [-0.39, 0.29) is 0 Å². The summed E-state index contributed by atoms with van der Waals surface area (Å²) in [6, 6.07) is 66.2. The second kappa shape index (κ2) is 11.9. The van der Waals surface area contributed by atoms with Crippen molar-refractivity contribution in [3.05, 3.63) is 188 Å². The van der Waals surface area contributed by atoms with Gasteiger partial charge in [-0.2, -0.15) is 0 Å². The number of hydrogen-bond donors (Lipinski definition) is 0. The van der Waals surface area contributed by atoms with Crippen LogP contribution in [0.25, 0.3) is 105 Å². The van der Waals surface area contributed by atoms with Gasteiger partial charge in [-0.15, -0.1) is 10.2 Å².